The molecule has 37 heavy (non-hydrogen) atoms. The van der Waals surface area contributed by atoms with E-state index in [1.807, 2.05) is 32.9 Å². The van der Waals surface area contributed by atoms with Crippen molar-refractivity contribution in [2.45, 2.75) is 72.0 Å². The SMILES string of the molecule is CCc1ccc(N(CCCC(=O)N(Cc2ccc(Cl)cc2Cl)[C@H](C)C(=O)N[C@@H](C)CC)S(C)(=O)=O)cc1. The number of hydrogen-bond acceptors (Lipinski definition) is 4. The number of sulfonamides is 1. The first-order chi connectivity index (χ1) is 17.4. The molecule has 0 aliphatic carbocycles. The van der Waals surface area contributed by atoms with Gasteiger partial charge in [-0.15, -0.1) is 0 Å². The van der Waals surface area contributed by atoms with Crippen LogP contribution in [0.2, 0.25) is 10.0 Å². The molecule has 0 saturated heterocycles. The number of nitrogens with zero attached hydrogens (tertiary/aromatic N) is 2. The maximum Gasteiger partial charge on any atom is 0.242 e. The molecule has 10 heteroatoms. The zero-order valence-corrected chi connectivity index (χ0v) is 24.5. The van der Waals surface area contributed by atoms with Gasteiger partial charge in [0, 0.05) is 35.6 Å². The third-order valence-electron chi connectivity index (χ3n) is 6.31. The predicted octanol–water partition coefficient (Wildman–Crippen LogP) is 5.43. The minimum Gasteiger partial charge on any atom is -0.352 e. The summed E-state index contributed by atoms with van der Waals surface area (Å²) < 4.78 is 26.3. The molecule has 2 aromatic rings. The Bertz CT molecular complexity index is 1170. The highest BCUT2D eigenvalue weighted by atomic mass is 35.5. The van der Waals surface area contributed by atoms with E-state index in [2.05, 4.69) is 5.32 Å². The molecule has 0 bridgehead atoms. The van der Waals surface area contributed by atoms with Crippen molar-refractivity contribution >= 4 is 50.7 Å². The second-order valence-corrected chi connectivity index (χ2v) is 12.0. The summed E-state index contributed by atoms with van der Waals surface area (Å²) in [4.78, 5) is 27.8. The lowest BCUT2D eigenvalue weighted by Crippen LogP contribution is -2.49. The van der Waals surface area contributed by atoms with Crippen LogP contribution in [0.25, 0.3) is 0 Å². The Morgan fingerprint density at radius 3 is 2.22 bits per heavy atom. The van der Waals surface area contributed by atoms with Gasteiger partial charge in [-0.2, -0.15) is 0 Å². The molecule has 0 aliphatic heterocycles. The summed E-state index contributed by atoms with van der Waals surface area (Å²) >= 11 is 12.4. The number of hydrogen-bond donors (Lipinski definition) is 1. The first kappa shape index (κ1) is 30.9. The largest absolute Gasteiger partial charge is 0.352 e. The van der Waals surface area contributed by atoms with Gasteiger partial charge in [0.15, 0.2) is 0 Å². The second-order valence-electron chi connectivity index (χ2n) is 9.21. The Balaban J connectivity index is 2.20. The number of rotatable bonds is 13. The first-order valence-corrected chi connectivity index (χ1v) is 15.1. The third-order valence-corrected chi connectivity index (χ3v) is 8.09. The zero-order chi connectivity index (χ0) is 27.8. The van der Waals surface area contributed by atoms with Crippen LogP contribution >= 0.6 is 23.2 Å². The Hall–Kier alpha value is -2.29. The highest BCUT2D eigenvalue weighted by Gasteiger charge is 2.27. The predicted molar refractivity (Wildman–Crippen MR) is 152 cm³/mol. The molecule has 2 amide bonds. The lowest BCUT2D eigenvalue weighted by atomic mass is 10.1. The molecule has 0 aliphatic rings. The number of halogens is 2. The molecule has 0 heterocycles. The van der Waals surface area contributed by atoms with Crippen molar-refractivity contribution in [1.82, 2.24) is 10.2 Å². The normalized spacial score (nSPS) is 13.1. The van der Waals surface area contributed by atoms with Crippen molar-refractivity contribution in [1.29, 1.82) is 0 Å². The molecule has 0 saturated carbocycles. The topological polar surface area (TPSA) is 86.8 Å². The van der Waals surface area contributed by atoms with Crippen LogP contribution in [0.1, 0.15) is 58.1 Å². The van der Waals surface area contributed by atoms with E-state index in [0.717, 1.165) is 24.7 Å². The van der Waals surface area contributed by atoms with E-state index in [0.29, 0.717) is 21.3 Å². The van der Waals surface area contributed by atoms with Gasteiger partial charge in [-0.1, -0.05) is 55.2 Å². The zero-order valence-electron chi connectivity index (χ0n) is 22.1. The van der Waals surface area contributed by atoms with E-state index < -0.39 is 16.1 Å². The molecule has 2 rings (SSSR count). The summed E-state index contributed by atoms with van der Waals surface area (Å²) in [7, 11) is -3.55. The van der Waals surface area contributed by atoms with Gasteiger partial charge >= 0.3 is 0 Å². The molecular weight excluding hydrogens is 533 g/mol. The van der Waals surface area contributed by atoms with Gasteiger partial charge < -0.3 is 10.2 Å². The lowest BCUT2D eigenvalue weighted by molar-refractivity contribution is -0.140. The summed E-state index contributed by atoms with van der Waals surface area (Å²) in [6.07, 6.45) is 3.11. The molecule has 0 unspecified atom stereocenters. The van der Waals surface area contributed by atoms with Crippen LogP contribution in [0.5, 0.6) is 0 Å². The molecule has 0 spiro atoms. The number of carbonyl (C=O) groups excluding carboxylic acids is 2. The van der Waals surface area contributed by atoms with Crippen LogP contribution in [0.3, 0.4) is 0 Å². The fourth-order valence-electron chi connectivity index (χ4n) is 3.78. The van der Waals surface area contributed by atoms with Crippen molar-refractivity contribution in [3.05, 3.63) is 63.6 Å². The number of nitrogens with one attached hydrogen (secondary N) is 1. The molecule has 0 fully saturated rings. The first-order valence-electron chi connectivity index (χ1n) is 12.5. The van der Waals surface area contributed by atoms with E-state index in [1.165, 1.54) is 9.21 Å². The quantitative estimate of drug-likeness (QED) is 0.348. The average Bonchev–Trinajstić information content (AvgIpc) is 2.84. The summed E-state index contributed by atoms with van der Waals surface area (Å²) in [6, 6.07) is 11.6. The van der Waals surface area contributed by atoms with E-state index in [4.69, 9.17) is 23.2 Å². The summed E-state index contributed by atoms with van der Waals surface area (Å²) in [5.41, 5.74) is 2.32. The van der Waals surface area contributed by atoms with Crippen molar-refractivity contribution < 1.29 is 18.0 Å². The smallest absolute Gasteiger partial charge is 0.242 e. The number of carbonyl (C=O) groups is 2. The average molecular weight is 571 g/mol. The van der Waals surface area contributed by atoms with Crippen LogP contribution in [-0.2, 0) is 32.6 Å². The van der Waals surface area contributed by atoms with E-state index in [9.17, 15) is 18.0 Å². The minimum absolute atomic E-state index is 0.0339. The van der Waals surface area contributed by atoms with Gasteiger partial charge in [0.2, 0.25) is 21.8 Å². The second kappa shape index (κ2) is 14.0. The maximum atomic E-state index is 13.4. The van der Waals surface area contributed by atoms with Crippen molar-refractivity contribution in [2.75, 3.05) is 17.1 Å². The van der Waals surface area contributed by atoms with Crippen molar-refractivity contribution in [3.8, 4) is 0 Å². The number of amides is 2. The molecule has 0 aromatic heterocycles. The molecular formula is C27H37Cl2N3O4S. The Morgan fingerprint density at radius 2 is 1.68 bits per heavy atom. The number of benzene rings is 2. The molecule has 1 N–H and O–H groups in total. The molecule has 7 nitrogen and oxygen atoms in total. The Labute approximate surface area is 231 Å². The van der Waals surface area contributed by atoms with Gasteiger partial charge in [-0.05, 0) is 68.5 Å². The van der Waals surface area contributed by atoms with Crippen molar-refractivity contribution in [3.63, 3.8) is 0 Å². The maximum absolute atomic E-state index is 13.4. The van der Waals surface area contributed by atoms with Crippen LogP contribution in [0, 0.1) is 0 Å². The Morgan fingerprint density at radius 1 is 1.03 bits per heavy atom. The highest BCUT2D eigenvalue weighted by molar-refractivity contribution is 7.92. The van der Waals surface area contributed by atoms with Crippen LogP contribution in [0.4, 0.5) is 5.69 Å². The van der Waals surface area contributed by atoms with Crippen molar-refractivity contribution in [2.24, 2.45) is 0 Å². The molecule has 2 aromatic carbocycles. The van der Waals surface area contributed by atoms with Gasteiger partial charge in [-0.3, -0.25) is 13.9 Å². The summed E-state index contributed by atoms with van der Waals surface area (Å²) in [5, 5.41) is 3.80. The number of anilines is 1. The minimum atomic E-state index is -3.55. The van der Waals surface area contributed by atoms with Crippen LogP contribution in [0.15, 0.2) is 42.5 Å². The van der Waals surface area contributed by atoms with E-state index in [-0.39, 0.29) is 43.8 Å². The fourth-order valence-corrected chi connectivity index (χ4v) is 5.22. The third kappa shape index (κ3) is 9.20. The fraction of sp³-hybridized carbons (Fsp3) is 0.481. The monoisotopic (exact) mass is 569 g/mol. The molecule has 0 radical (unpaired) electrons. The molecule has 204 valence electrons. The Kier molecular flexibility index (Phi) is 11.7. The summed E-state index contributed by atoms with van der Waals surface area (Å²) in [6.45, 7) is 7.84. The van der Waals surface area contributed by atoms with Gasteiger partial charge in [0.05, 0.1) is 11.9 Å². The lowest BCUT2D eigenvalue weighted by Gasteiger charge is -2.30. The van der Waals surface area contributed by atoms with Crippen LogP contribution < -0.4 is 9.62 Å². The van der Waals surface area contributed by atoms with Gasteiger partial charge in [0.1, 0.15) is 6.04 Å². The highest BCUT2D eigenvalue weighted by Crippen LogP contribution is 2.24. The standard InChI is InChI=1S/C27H37Cl2N3O4S/c1-6-19(3)30-27(34)20(4)31(18-22-12-13-23(28)17-25(22)29)26(33)9-8-16-32(37(5,35)36)24-14-10-21(7-2)11-15-24/h10-15,17,19-20H,6-9,16,18H2,1-5H3,(H,30,34)/t19-,20+/m0/s1. The summed E-state index contributed by atoms with van der Waals surface area (Å²) in [5.74, 6) is -0.533. The van der Waals surface area contributed by atoms with Gasteiger partial charge in [-0.25, -0.2) is 8.42 Å². The van der Waals surface area contributed by atoms with Gasteiger partial charge in [0.25, 0.3) is 0 Å². The van der Waals surface area contributed by atoms with E-state index >= 15 is 0 Å². The van der Waals surface area contributed by atoms with E-state index in [1.54, 1.807) is 37.3 Å². The number of aryl methyl sites for hydroxylation is 1. The van der Waals surface area contributed by atoms with Crippen LogP contribution in [-0.4, -0.2) is 50.0 Å². The molecule has 2 atom stereocenters.